The lowest BCUT2D eigenvalue weighted by atomic mass is 10.1. The highest BCUT2D eigenvalue weighted by atomic mass is 16.5. The Hall–Kier alpha value is -0.410. The van der Waals surface area contributed by atoms with Crippen molar-refractivity contribution in [1.29, 1.82) is 0 Å². The molecule has 0 bridgehead atoms. The van der Waals surface area contributed by atoms with E-state index in [1.807, 2.05) is 0 Å². The average molecular weight is 144 g/mol. The number of carbonyl (C=O) groups is 1. The van der Waals surface area contributed by atoms with Crippen molar-refractivity contribution in [2.45, 2.75) is 25.6 Å². The number of carbonyl (C=O) groups excluding carboxylic acids is 1. The molecule has 1 aliphatic heterocycles. The van der Waals surface area contributed by atoms with E-state index in [1.54, 1.807) is 14.0 Å². The third kappa shape index (κ3) is 1.36. The predicted molar refractivity (Wildman–Crippen MR) is 35.8 cm³/mol. The molecule has 0 spiro atoms. The largest absolute Gasteiger partial charge is 0.373 e. The first-order valence-corrected chi connectivity index (χ1v) is 3.44. The van der Waals surface area contributed by atoms with E-state index in [2.05, 4.69) is 0 Å². The van der Waals surface area contributed by atoms with Gasteiger partial charge < -0.3 is 9.47 Å². The van der Waals surface area contributed by atoms with Gasteiger partial charge in [-0.3, -0.25) is 4.79 Å². The van der Waals surface area contributed by atoms with Gasteiger partial charge in [0.2, 0.25) is 0 Å². The Balaban J connectivity index is 2.51. The van der Waals surface area contributed by atoms with E-state index < -0.39 is 0 Å². The molecule has 0 amide bonds. The van der Waals surface area contributed by atoms with Gasteiger partial charge >= 0.3 is 0 Å². The van der Waals surface area contributed by atoms with E-state index >= 15 is 0 Å². The summed E-state index contributed by atoms with van der Waals surface area (Å²) in [6.45, 7) is 2.39. The molecule has 58 valence electrons. The van der Waals surface area contributed by atoms with E-state index in [-0.39, 0.29) is 18.0 Å². The zero-order valence-electron chi connectivity index (χ0n) is 6.29. The molecule has 0 saturated carbocycles. The lowest BCUT2D eigenvalue weighted by molar-refractivity contribution is -0.148. The summed E-state index contributed by atoms with van der Waals surface area (Å²) in [7, 11) is 1.56. The first-order valence-electron chi connectivity index (χ1n) is 3.44. The lowest BCUT2D eigenvalue weighted by Crippen LogP contribution is -2.39. The molecule has 1 rings (SSSR count). The molecule has 1 saturated heterocycles. The SMILES string of the molecule is CO[C@H]1CCO[C@@H](C)C1=O. The minimum atomic E-state index is -0.279. The van der Waals surface area contributed by atoms with Crippen molar-refractivity contribution in [2.75, 3.05) is 13.7 Å². The summed E-state index contributed by atoms with van der Waals surface area (Å²) < 4.78 is 10.0. The number of hydrogen-bond donors (Lipinski definition) is 0. The van der Waals surface area contributed by atoms with Crippen LogP contribution >= 0.6 is 0 Å². The van der Waals surface area contributed by atoms with Crippen LogP contribution in [0.4, 0.5) is 0 Å². The maximum Gasteiger partial charge on any atom is 0.189 e. The molecule has 0 radical (unpaired) electrons. The number of hydrogen-bond acceptors (Lipinski definition) is 3. The number of Topliss-reactive ketones (excluding diaryl/α,β-unsaturated/α-hetero) is 1. The minimum Gasteiger partial charge on any atom is -0.373 e. The smallest absolute Gasteiger partial charge is 0.189 e. The fourth-order valence-corrected chi connectivity index (χ4v) is 1.07. The first kappa shape index (κ1) is 7.69. The summed E-state index contributed by atoms with van der Waals surface area (Å²) in [5, 5.41) is 0. The molecule has 0 aromatic heterocycles. The number of ketones is 1. The van der Waals surface area contributed by atoms with Gasteiger partial charge in [-0.2, -0.15) is 0 Å². The highest BCUT2D eigenvalue weighted by Gasteiger charge is 2.28. The Morgan fingerprint density at radius 2 is 2.40 bits per heavy atom. The van der Waals surface area contributed by atoms with Crippen molar-refractivity contribution < 1.29 is 14.3 Å². The van der Waals surface area contributed by atoms with Gasteiger partial charge in [0.25, 0.3) is 0 Å². The number of rotatable bonds is 1. The maximum absolute atomic E-state index is 11.1. The van der Waals surface area contributed by atoms with Crippen molar-refractivity contribution in [1.82, 2.24) is 0 Å². The van der Waals surface area contributed by atoms with Crippen LogP contribution in [0.1, 0.15) is 13.3 Å². The summed E-state index contributed by atoms with van der Waals surface area (Å²) in [5.41, 5.74) is 0. The van der Waals surface area contributed by atoms with Crippen LogP contribution in [0.3, 0.4) is 0 Å². The van der Waals surface area contributed by atoms with Crippen LogP contribution < -0.4 is 0 Å². The van der Waals surface area contributed by atoms with Crippen LogP contribution in [0.25, 0.3) is 0 Å². The van der Waals surface area contributed by atoms with Crippen LogP contribution in [0.15, 0.2) is 0 Å². The van der Waals surface area contributed by atoms with E-state index in [4.69, 9.17) is 9.47 Å². The van der Waals surface area contributed by atoms with Crippen molar-refractivity contribution in [3.63, 3.8) is 0 Å². The zero-order chi connectivity index (χ0) is 7.56. The van der Waals surface area contributed by atoms with Crippen LogP contribution in [0.5, 0.6) is 0 Å². The topological polar surface area (TPSA) is 35.5 Å². The summed E-state index contributed by atoms with van der Waals surface area (Å²) in [4.78, 5) is 11.1. The van der Waals surface area contributed by atoms with Gasteiger partial charge in [0, 0.05) is 13.5 Å². The molecule has 3 heteroatoms. The number of methoxy groups -OCH3 is 1. The summed E-state index contributed by atoms with van der Waals surface area (Å²) in [6.07, 6.45) is 0.182. The lowest BCUT2D eigenvalue weighted by Gasteiger charge is -2.24. The van der Waals surface area contributed by atoms with Crippen LogP contribution in [-0.4, -0.2) is 31.7 Å². The minimum absolute atomic E-state index is 0.0637. The highest BCUT2D eigenvalue weighted by Crippen LogP contribution is 2.11. The second kappa shape index (κ2) is 3.12. The summed E-state index contributed by atoms with van der Waals surface area (Å²) in [6, 6.07) is 0. The molecular formula is C7H12O3. The predicted octanol–water partition coefficient (Wildman–Crippen LogP) is 0.379. The molecule has 1 fully saturated rings. The Labute approximate surface area is 60.3 Å². The molecule has 2 atom stereocenters. The van der Waals surface area contributed by atoms with Gasteiger partial charge in [-0.25, -0.2) is 0 Å². The second-order valence-corrected chi connectivity index (χ2v) is 2.43. The normalized spacial score (nSPS) is 34.4. The van der Waals surface area contributed by atoms with E-state index in [9.17, 15) is 4.79 Å². The Bertz CT molecular complexity index is 133. The standard InChI is InChI=1S/C7H12O3/c1-5-7(8)6(9-2)3-4-10-5/h5-6H,3-4H2,1-2H3/t5-,6-/m0/s1. The third-order valence-corrected chi connectivity index (χ3v) is 1.75. The van der Waals surface area contributed by atoms with Gasteiger partial charge in [0.1, 0.15) is 12.2 Å². The molecule has 0 unspecified atom stereocenters. The molecule has 0 aromatic carbocycles. The van der Waals surface area contributed by atoms with Crippen molar-refractivity contribution in [3.05, 3.63) is 0 Å². The summed E-state index contributed by atoms with van der Waals surface area (Å²) >= 11 is 0. The Morgan fingerprint density at radius 1 is 1.70 bits per heavy atom. The zero-order valence-corrected chi connectivity index (χ0v) is 6.29. The maximum atomic E-state index is 11.1. The van der Waals surface area contributed by atoms with E-state index in [1.165, 1.54) is 0 Å². The van der Waals surface area contributed by atoms with Crippen LogP contribution in [0, 0.1) is 0 Å². The molecule has 1 aliphatic rings. The Morgan fingerprint density at radius 3 is 2.90 bits per heavy atom. The van der Waals surface area contributed by atoms with Gasteiger partial charge in [-0.15, -0.1) is 0 Å². The second-order valence-electron chi connectivity index (χ2n) is 2.43. The highest BCUT2D eigenvalue weighted by molar-refractivity contribution is 5.87. The first-order chi connectivity index (χ1) is 4.75. The quantitative estimate of drug-likeness (QED) is 0.533. The van der Waals surface area contributed by atoms with Crippen molar-refractivity contribution >= 4 is 5.78 Å². The average Bonchev–Trinajstić information content (AvgIpc) is 1.95. The molecule has 1 heterocycles. The monoisotopic (exact) mass is 144 g/mol. The van der Waals surface area contributed by atoms with Gasteiger partial charge in [0.15, 0.2) is 5.78 Å². The molecule has 10 heavy (non-hydrogen) atoms. The fraction of sp³-hybridized carbons (Fsp3) is 0.857. The molecular weight excluding hydrogens is 132 g/mol. The molecule has 3 nitrogen and oxygen atoms in total. The van der Waals surface area contributed by atoms with Gasteiger partial charge in [-0.05, 0) is 6.92 Å². The van der Waals surface area contributed by atoms with Crippen molar-refractivity contribution in [2.24, 2.45) is 0 Å². The third-order valence-electron chi connectivity index (χ3n) is 1.75. The van der Waals surface area contributed by atoms with Crippen molar-refractivity contribution in [3.8, 4) is 0 Å². The van der Waals surface area contributed by atoms with Crippen LogP contribution in [0.2, 0.25) is 0 Å². The number of ether oxygens (including phenoxy) is 2. The Kier molecular flexibility index (Phi) is 2.40. The van der Waals surface area contributed by atoms with Gasteiger partial charge in [0.05, 0.1) is 6.61 Å². The fourth-order valence-electron chi connectivity index (χ4n) is 1.07. The molecule has 0 aromatic rings. The van der Waals surface area contributed by atoms with E-state index in [0.717, 1.165) is 0 Å². The van der Waals surface area contributed by atoms with Gasteiger partial charge in [-0.1, -0.05) is 0 Å². The van der Waals surface area contributed by atoms with Crippen LogP contribution in [-0.2, 0) is 14.3 Å². The van der Waals surface area contributed by atoms with E-state index in [0.29, 0.717) is 13.0 Å². The molecule has 0 N–H and O–H groups in total. The summed E-state index contributed by atoms with van der Waals surface area (Å²) in [5.74, 6) is 0.0637. The molecule has 0 aliphatic carbocycles.